The van der Waals surface area contributed by atoms with Gasteiger partial charge >= 0.3 is 0 Å². The summed E-state index contributed by atoms with van der Waals surface area (Å²) in [6.45, 7) is 1.98. The predicted octanol–water partition coefficient (Wildman–Crippen LogP) is 2.98. The lowest BCUT2D eigenvalue weighted by atomic mass is 9.98. The Bertz CT molecular complexity index is 311. The van der Waals surface area contributed by atoms with Gasteiger partial charge in [-0.25, -0.2) is 4.39 Å². The van der Waals surface area contributed by atoms with Crippen LogP contribution in [0.5, 0.6) is 0 Å². The summed E-state index contributed by atoms with van der Waals surface area (Å²) < 4.78 is 12.7. The maximum Gasteiger partial charge on any atom is 0.124 e. The molecule has 0 spiro atoms. The van der Waals surface area contributed by atoms with Gasteiger partial charge in [-0.1, -0.05) is 17.7 Å². The maximum atomic E-state index is 12.7. The van der Waals surface area contributed by atoms with Crippen LogP contribution in [-0.2, 0) is 0 Å². The van der Waals surface area contributed by atoms with E-state index in [2.05, 4.69) is 5.32 Å². The largest absolute Gasteiger partial charge is 0.316 e. The van der Waals surface area contributed by atoms with E-state index >= 15 is 0 Å². The van der Waals surface area contributed by atoms with Crippen LogP contribution >= 0.6 is 24.0 Å². The number of benzene rings is 1. The second-order valence-electron chi connectivity index (χ2n) is 3.36. The van der Waals surface area contributed by atoms with Gasteiger partial charge in [-0.15, -0.1) is 12.4 Å². The molecule has 78 valence electrons. The van der Waals surface area contributed by atoms with Crippen LogP contribution in [0.3, 0.4) is 0 Å². The van der Waals surface area contributed by atoms with Gasteiger partial charge in [0.1, 0.15) is 5.82 Å². The van der Waals surface area contributed by atoms with Crippen LogP contribution in [0.1, 0.15) is 17.9 Å². The second-order valence-corrected chi connectivity index (χ2v) is 3.76. The smallest absolute Gasteiger partial charge is 0.124 e. The van der Waals surface area contributed by atoms with Crippen LogP contribution in [0.25, 0.3) is 0 Å². The van der Waals surface area contributed by atoms with E-state index in [0.29, 0.717) is 10.9 Å². The van der Waals surface area contributed by atoms with E-state index in [1.165, 1.54) is 12.1 Å². The third-order valence-electron chi connectivity index (χ3n) is 2.46. The summed E-state index contributed by atoms with van der Waals surface area (Å²) in [4.78, 5) is 0. The molecule has 1 N–H and O–H groups in total. The van der Waals surface area contributed by atoms with Gasteiger partial charge in [0.25, 0.3) is 0 Å². The summed E-state index contributed by atoms with van der Waals surface area (Å²) in [6.07, 6.45) is 1.09. The molecule has 1 saturated heterocycles. The molecule has 1 aliphatic heterocycles. The van der Waals surface area contributed by atoms with Crippen LogP contribution < -0.4 is 5.32 Å². The summed E-state index contributed by atoms with van der Waals surface area (Å²) in [5.74, 6) is 0.188. The molecule has 1 aromatic rings. The summed E-state index contributed by atoms with van der Waals surface area (Å²) in [6, 6.07) is 4.64. The maximum absolute atomic E-state index is 12.7. The normalized spacial score (nSPS) is 20.6. The van der Waals surface area contributed by atoms with E-state index in [4.69, 9.17) is 11.6 Å². The lowest BCUT2D eigenvalue weighted by Gasteiger charge is -2.10. The molecule has 1 aromatic carbocycles. The van der Waals surface area contributed by atoms with Crippen LogP contribution in [0.2, 0.25) is 5.02 Å². The molecule has 1 nitrogen and oxygen atoms in total. The highest BCUT2D eigenvalue weighted by Crippen LogP contribution is 2.29. The van der Waals surface area contributed by atoms with Gasteiger partial charge in [-0.3, -0.25) is 0 Å². The van der Waals surface area contributed by atoms with Crippen molar-refractivity contribution in [2.75, 3.05) is 13.1 Å². The molecule has 1 aliphatic rings. The SMILES string of the molecule is Cl.Fc1ccc(C2CCNC2)c(Cl)c1. The van der Waals surface area contributed by atoms with Crippen molar-refractivity contribution in [1.29, 1.82) is 0 Å². The van der Waals surface area contributed by atoms with Gasteiger partial charge in [0, 0.05) is 11.6 Å². The van der Waals surface area contributed by atoms with Gasteiger partial charge < -0.3 is 5.32 Å². The predicted molar refractivity (Wildman–Crippen MR) is 58.9 cm³/mol. The van der Waals surface area contributed by atoms with E-state index in [1.54, 1.807) is 6.07 Å². The lowest BCUT2D eigenvalue weighted by molar-refractivity contribution is 0.625. The summed E-state index contributed by atoms with van der Waals surface area (Å²) in [5, 5.41) is 3.81. The Morgan fingerprint density at radius 1 is 1.43 bits per heavy atom. The van der Waals surface area contributed by atoms with Crippen LogP contribution in [0.4, 0.5) is 4.39 Å². The molecule has 0 aliphatic carbocycles. The van der Waals surface area contributed by atoms with Gasteiger partial charge in [0.05, 0.1) is 0 Å². The minimum absolute atomic E-state index is 0. The quantitative estimate of drug-likeness (QED) is 0.790. The minimum atomic E-state index is -0.264. The summed E-state index contributed by atoms with van der Waals surface area (Å²) in [7, 11) is 0. The molecule has 0 amide bonds. The highest BCUT2D eigenvalue weighted by atomic mass is 35.5. The van der Waals surface area contributed by atoms with E-state index in [-0.39, 0.29) is 18.2 Å². The Hall–Kier alpha value is -0.310. The zero-order valence-electron chi connectivity index (χ0n) is 7.59. The Morgan fingerprint density at radius 3 is 2.79 bits per heavy atom. The van der Waals surface area contributed by atoms with Crippen molar-refractivity contribution in [2.45, 2.75) is 12.3 Å². The van der Waals surface area contributed by atoms with E-state index in [1.807, 2.05) is 0 Å². The Balaban J connectivity index is 0.000000980. The van der Waals surface area contributed by atoms with E-state index in [9.17, 15) is 4.39 Å². The van der Waals surface area contributed by atoms with Crippen LogP contribution in [-0.4, -0.2) is 13.1 Å². The third kappa shape index (κ3) is 2.38. The highest BCUT2D eigenvalue weighted by Gasteiger charge is 2.18. The molecular weight excluding hydrogens is 224 g/mol. The van der Waals surface area contributed by atoms with Crippen molar-refractivity contribution >= 4 is 24.0 Å². The first kappa shape index (κ1) is 11.8. The standard InChI is InChI=1S/C10H11ClFN.ClH/c11-10-5-8(12)1-2-9(10)7-3-4-13-6-7;/h1-2,5,7,13H,3-4,6H2;1H. The lowest BCUT2D eigenvalue weighted by Crippen LogP contribution is -2.08. The van der Waals surface area contributed by atoms with Crippen molar-refractivity contribution < 1.29 is 4.39 Å². The van der Waals surface area contributed by atoms with Crippen molar-refractivity contribution in [1.82, 2.24) is 5.32 Å². The molecule has 1 fully saturated rings. The van der Waals surface area contributed by atoms with Gasteiger partial charge in [-0.05, 0) is 36.6 Å². The average Bonchev–Trinajstić information content (AvgIpc) is 2.56. The fourth-order valence-electron chi connectivity index (χ4n) is 1.75. The van der Waals surface area contributed by atoms with Crippen molar-refractivity contribution in [3.63, 3.8) is 0 Å². The number of rotatable bonds is 1. The van der Waals surface area contributed by atoms with Gasteiger partial charge in [0.2, 0.25) is 0 Å². The molecule has 2 rings (SSSR count). The zero-order valence-corrected chi connectivity index (χ0v) is 9.17. The Kier molecular flexibility index (Phi) is 4.17. The zero-order chi connectivity index (χ0) is 9.26. The second kappa shape index (κ2) is 4.96. The minimum Gasteiger partial charge on any atom is -0.316 e. The average molecular weight is 236 g/mol. The molecule has 0 aromatic heterocycles. The van der Waals surface area contributed by atoms with Crippen LogP contribution in [0, 0.1) is 5.82 Å². The number of hydrogen-bond donors (Lipinski definition) is 1. The summed E-state index contributed by atoms with van der Waals surface area (Å²) in [5.41, 5.74) is 1.06. The fraction of sp³-hybridized carbons (Fsp3) is 0.400. The van der Waals surface area contributed by atoms with E-state index < -0.39 is 0 Å². The number of nitrogens with one attached hydrogen (secondary N) is 1. The molecule has 4 heteroatoms. The first-order valence-electron chi connectivity index (χ1n) is 4.43. The first-order chi connectivity index (χ1) is 6.27. The topological polar surface area (TPSA) is 12.0 Å². The van der Waals surface area contributed by atoms with Crippen molar-refractivity contribution in [3.8, 4) is 0 Å². The Morgan fingerprint density at radius 2 is 2.21 bits per heavy atom. The molecule has 0 saturated carbocycles. The Labute approximate surface area is 94.1 Å². The third-order valence-corrected chi connectivity index (χ3v) is 2.79. The van der Waals surface area contributed by atoms with Gasteiger partial charge in [-0.2, -0.15) is 0 Å². The molecule has 1 heterocycles. The van der Waals surface area contributed by atoms with Crippen molar-refractivity contribution in [2.24, 2.45) is 0 Å². The number of halogens is 3. The van der Waals surface area contributed by atoms with Crippen molar-refractivity contribution in [3.05, 3.63) is 34.6 Å². The molecule has 1 unspecified atom stereocenters. The summed E-state index contributed by atoms with van der Waals surface area (Å²) >= 11 is 5.94. The first-order valence-corrected chi connectivity index (χ1v) is 4.81. The molecule has 0 bridgehead atoms. The molecule has 0 radical (unpaired) electrons. The van der Waals surface area contributed by atoms with Gasteiger partial charge in [0.15, 0.2) is 0 Å². The monoisotopic (exact) mass is 235 g/mol. The highest BCUT2D eigenvalue weighted by molar-refractivity contribution is 6.31. The molecule has 14 heavy (non-hydrogen) atoms. The molecule has 1 atom stereocenters. The number of hydrogen-bond acceptors (Lipinski definition) is 1. The molecular formula is C10H12Cl2FN. The van der Waals surface area contributed by atoms with Crippen LogP contribution in [0.15, 0.2) is 18.2 Å². The van der Waals surface area contributed by atoms with E-state index in [0.717, 1.165) is 25.1 Å². The fourth-order valence-corrected chi connectivity index (χ4v) is 2.07.